The Bertz CT molecular complexity index is 550. The van der Waals surface area contributed by atoms with E-state index in [1.165, 1.54) is 11.8 Å². The molecular formula is C12H16N4O2S. The van der Waals surface area contributed by atoms with Gasteiger partial charge in [-0.05, 0) is 19.9 Å². The highest BCUT2D eigenvalue weighted by molar-refractivity contribution is 7.99. The van der Waals surface area contributed by atoms with E-state index in [0.29, 0.717) is 0 Å². The fraction of sp³-hybridized carbons (Fsp3) is 0.417. The molecule has 0 radical (unpaired) electrons. The number of carboxylic acids is 1. The number of carboxylic acid groups (broad SMARTS) is 1. The molecule has 0 saturated carbocycles. The molecule has 1 N–H and O–H groups in total. The van der Waals surface area contributed by atoms with Crippen molar-refractivity contribution in [2.45, 2.75) is 31.6 Å². The molecule has 2 aromatic rings. The minimum Gasteiger partial charge on any atom is -0.481 e. The first-order chi connectivity index (χ1) is 9.08. The highest BCUT2D eigenvalue weighted by Crippen LogP contribution is 2.23. The molecule has 6 nitrogen and oxygen atoms in total. The Morgan fingerprint density at radius 1 is 1.58 bits per heavy atom. The molecule has 2 aromatic heterocycles. The van der Waals surface area contributed by atoms with E-state index in [-0.39, 0.29) is 11.8 Å². The third-order valence-electron chi connectivity index (χ3n) is 2.72. The molecule has 0 aliphatic heterocycles. The second kappa shape index (κ2) is 5.92. The van der Waals surface area contributed by atoms with Crippen molar-refractivity contribution in [3.63, 3.8) is 0 Å². The summed E-state index contributed by atoms with van der Waals surface area (Å²) in [4.78, 5) is 14.9. The van der Waals surface area contributed by atoms with E-state index < -0.39 is 5.97 Å². The number of carbonyl (C=O) groups is 1. The summed E-state index contributed by atoms with van der Waals surface area (Å²) in [5.74, 6) is -0.817. The highest BCUT2D eigenvalue weighted by Gasteiger charge is 2.15. The summed E-state index contributed by atoms with van der Waals surface area (Å²) >= 11 is 1.24. The second-order valence-corrected chi connectivity index (χ2v) is 5.25. The molecule has 1 atom stereocenters. The first-order valence-electron chi connectivity index (χ1n) is 5.93. The van der Waals surface area contributed by atoms with Crippen LogP contribution in [0.1, 0.15) is 18.7 Å². The van der Waals surface area contributed by atoms with Crippen LogP contribution in [-0.4, -0.2) is 36.2 Å². The number of aryl methyl sites for hydroxylation is 1. The number of thioether (sulfide) groups is 1. The minimum atomic E-state index is -0.836. The fourth-order valence-corrected chi connectivity index (χ4v) is 2.80. The maximum atomic E-state index is 10.6. The summed E-state index contributed by atoms with van der Waals surface area (Å²) in [6.45, 7) is 4.77. The number of rotatable bonds is 6. The first-order valence-corrected chi connectivity index (χ1v) is 6.92. The average Bonchev–Trinajstić information content (AvgIpc) is 2.96. The Labute approximate surface area is 115 Å². The Balaban J connectivity index is 2.13. The second-order valence-electron chi connectivity index (χ2n) is 4.31. The molecule has 1 unspecified atom stereocenters. The van der Waals surface area contributed by atoms with E-state index in [1.807, 2.05) is 23.9 Å². The Morgan fingerprint density at radius 3 is 3.00 bits per heavy atom. The van der Waals surface area contributed by atoms with Gasteiger partial charge >= 0.3 is 5.97 Å². The third kappa shape index (κ3) is 3.37. The van der Waals surface area contributed by atoms with Gasteiger partial charge in [-0.1, -0.05) is 11.8 Å². The lowest BCUT2D eigenvalue weighted by atomic mass is 10.3. The Kier molecular flexibility index (Phi) is 4.26. The first kappa shape index (κ1) is 13.7. The van der Waals surface area contributed by atoms with Gasteiger partial charge in [-0.3, -0.25) is 9.48 Å². The standard InChI is InChI=1S/C12H16N4O2S/c1-9-6-13-12(19-8-11(17)18)16(9)10(2)7-15-5-3-4-14-15/h3-6,10H,7-8H2,1-2H3,(H,17,18). The molecular weight excluding hydrogens is 264 g/mol. The quantitative estimate of drug-likeness (QED) is 0.817. The maximum absolute atomic E-state index is 10.6. The maximum Gasteiger partial charge on any atom is 0.313 e. The number of aliphatic carboxylic acids is 1. The van der Waals surface area contributed by atoms with Gasteiger partial charge in [0.05, 0.1) is 18.3 Å². The van der Waals surface area contributed by atoms with Crippen molar-refractivity contribution in [3.05, 3.63) is 30.4 Å². The lowest BCUT2D eigenvalue weighted by Gasteiger charge is -2.18. The Morgan fingerprint density at radius 2 is 2.37 bits per heavy atom. The van der Waals surface area contributed by atoms with Gasteiger partial charge in [0.15, 0.2) is 5.16 Å². The molecule has 0 spiro atoms. The van der Waals surface area contributed by atoms with Crippen molar-refractivity contribution in [2.24, 2.45) is 0 Å². The van der Waals surface area contributed by atoms with Crippen LogP contribution in [0.3, 0.4) is 0 Å². The molecule has 19 heavy (non-hydrogen) atoms. The van der Waals surface area contributed by atoms with E-state index in [2.05, 4.69) is 21.6 Å². The highest BCUT2D eigenvalue weighted by atomic mass is 32.2. The summed E-state index contributed by atoms with van der Waals surface area (Å²) in [6.07, 6.45) is 5.42. The van der Waals surface area contributed by atoms with Gasteiger partial charge in [0.1, 0.15) is 0 Å². The van der Waals surface area contributed by atoms with Crippen LogP contribution in [0.2, 0.25) is 0 Å². The van der Waals surface area contributed by atoms with Gasteiger partial charge in [0.25, 0.3) is 0 Å². The molecule has 0 aliphatic rings. The van der Waals surface area contributed by atoms with Crippen LogP contribution < -0.4 is 0 Å². The molecule has 0 bridgehead atoms. The zero-order chi connectivity index (χ0) is 13.8. The van der Waals surface area contributed by atoms with Crippen molar-refractivity contribution < 1.29 is 9.90 Å². The molecule has 2 heterocycles. The fourth-order valence-electron chi connectivity index (χ4n) is 1.95. The van der Waals surface area contributed by atoms with Crippen LogP contribution in [0.15, 0.2) is 29.8 Å². The molecule has 0 amide bonds. The average molecular weight is 280 g/mol. The monoisotopic (exact) mass is 280 g/mol. The van der Waals surface area contributed by atoms with E-state index in [1.54, 1.807) is 12.4 Å². The van der Waals surface area contributed by atoms with Crippen LogP contribution in [0.25, 0.3) is 0 Å². The number of hydrogen-bond acceptors (Lipinski definition) is 4. The van der Waals surface area contributed by atoms with Crippen molar-refractivity contribution in [1.29, 1.82) is 0 Å². The van der Waals surface area contributed by atoms with Crippen LogP contribution in [0.5, 0.6) is 0 Å². The van der Waals surface area contributed by atoms with Gasteiger partial charge < -0.3 is 9.67 Å². The number of nitrogens with zero attached hydrogens (tertiary/aromatic N) is 4. The van der Waals surface area contributed by atoms with Crippen LogP contribution in [0.4, 0.5) is 0 Å². The normalized spacial score (nSPS) is 12.5. The number of hydrogen-bond donors (Lipinski definition) is 1. The zero-order valence-corrected chi connectivity index (χ0v) is 11.7. The summed E-state index contributed by atoms with van der Waals surface area (Å²) in [6, 6.07) is 2.05. The van der Waals surface area contributed by atoms with Crippen molar-refractivity contribution in [2.75, 3.05) is 5.75 Å². The predicted molar refractivity (Wildman–Crippen MR) is 72.3 cm³/mol. The third-order valence-corrected chi connectivity index (χ3v) is 3.68. The molecule has 0 fully saturated rings. The lowest BCUT2D eigenvalue weighted by Crippen LogP contribution is -2.16. The zero-order valence-electron chi connectivity index (χ0n) is 10.9. The van der Waals surface area contributed by atoms with Crippen molar-refractivity contribution in [3.8, 4) is 0 Å². The smallest absolute Gasteiger partial charge is 0.313 e. The summed E-state index contributed by atoms with van der Waals surface area (Å²) in [5, 5.41) is 13.7. The summed E-state index contributed by atoms with van der Waals surface area (Å²) in [7, 11) is 0. The van der Waals surface area contributed by atoms with E-state index in [0.717, 1.165) is 17.4 Å². The van der Waals surface area contributed by atoms with Gasteiger partial charge in [-0.15, -0.1) is 0 Å². The van der Waals surface area contributed by atoms with E-state index >= 15 is 0 Å². The van der Waals surface area contributed by atoms with E-state index in [4.69, 9.17) is 5.11 Å². The van der Waals surface area contributed by atoms with Crippen molar-refractivity contribution >= 4 is 17.7 Å². The van der Waals surface area contributed by atoms with Crippen LogP contribution in [-0.2, 0) is 11.3 Å². The molecule has 0 aromatic carbocycles. The van der Waals surface area contributed by atoms with Crippen molar-refractivity contribution in [1.82, 2.24) is 19.3 Å². The topological polar surface area (TPSA) is 72.9 Å². The van der Waals surface area contributed by atoms with Gasteiger partial charge in [-0.25, -0.2) is 4.98 Å². The van der Waals surface area contributed by atoms with Crippen LogP contribution in [0, 0.1) is 6.92 Å². The molecule has 2 rings (SSSR count). The number of aromatic nitrogens is 4. The van der Waals surface area contributed by atoms with Gasteiger partial charge in [0, 0.05) is 24.3 Å². The number of imidazole rings is 1. The SMILES string of the molecule is Cc1cnc(SCC(=O)O)n1C(C)Cn1cccn1. The van der Waals surface area contributed by atoms with Gasteiger partial charge in [0.2, 0.25) is 0 Å². The summed E-state index contributed by atoms with van der Waals surface area (Å²) in [5.41, 5.74) is 1.02. The predicted octanol–water partition coefficient (Wildman–Crippen LogP) is 1.83. The molecule has 0 saturated heterocycles. The molecule has 102 valence electrons. The Hall–Kier alpha value is -1.76. The van der Waals surface area contributed by atoms with Crippen LogP contribution >= 0.6 is 11.8 Å². The lowest BCUT2D eigenvalue weighted by molar-refractivity contribution is -0.133. The van der Waals surface area contributed by atoms with Gasteiger partial charge in [-0.2, -0.15) is 5.10 Å². The van der Waals surface area contributed by atoms with E-state index in [9.17, 15) is 4.79 Å². The minimum absolute atomic E-state index is 0.0188. The molecule has 7 heteroatoms. The largest absolute Gasteiger partial charge is 0.481 e. The molecule has 0 aliphatic carbocycles. The summed E-state index contributed by atoms with van der Waals surface area (Å²) < 4.78 is 3.91.